The number of phenolic OH excluding ortho intramolecular Hbond substituents is 1. The van der Waals surface area contributed by atoms with Crippen LogP contribution in [0.1, 0.15) is 97.5 Å². The number of carboxylic acid groups (broad SMARTS) is 5. The van der Waals surface area contributed by atoms with Gasteiger partial charge in [-0.25, -0.2) is 4.79 Å². The van der Waals surface area contributed by atoms with E-state index >= 15 is 0 Å². The van der Waals surface area contributed by atoms with Gasteiger partial charge in [-0.15, -0.1) is 0 Å². The highest BCUT2D eigenvalue weighted by atomic mass is 16.4. The molecule has 1 saturated heterocycles. The molecule has 27 heteroatoms. The third-order valence-corrected chi connectivity index (χ3v) is 13.5. The van der Waals surface area contributed by atoms with E-state index in [1.54, 1.807) is 19.1 Å². The number of likely N-dealkylation sites (tertiary alicyclic amines) is 1. The fraction of sp³-hybridized carbons (Fsp3) is 0.692. The molecule has 0 aliphatic carbocycles. The van der Waals surface area contributed by atoms with Crippen molar-refractivity contribution >= 4 is 59.4 Å². The molecule has 5 amide bonds. The smallest absolute Gasteiger partial charge is 0.326 e. The van der Waals surface area contributed by atoms with Gasteiger partial charge in [0.05, 0.1) is 38.8 Å². The van der Waals surface area contributed by atoms with Crippen molar-refractivity contribution in [2.45, 2.75) is 135 Å². The summed E-state index contributed by atoms with van der Waals surface area (Å²) in [6, 6.07) is -0.232. The molecular weight excluding hydrogens is 1030 g/mol. The zero-order valence-electron chi connectivity index (χ0n) is 46.1. The maximum atomic E-state index is 14.6. The number of nitrogens with one attached hydrogen (secondary N) is 5. The standard InChI is InChI=1S/C52H87N11O16/c1-5-34(4)47(50(76)58-40(52(78)79)25-33(2)3)59-48(74)39(26-35-14-16-37(64)17-15-35)57-49(75)41-13-10-20-63(41)51(77)38(12-7-9-19-54)55-27-36(11-6-8-18-53)56-42(65)28-61(30-44(68)69)23-21-60(29-43(66)67)22-24-62(31-45(70)71)32-46(72)73/h14-17,33-34,36,38-41,47,55,64H,5-13,18-32,53-54H2,1-4H3,(H,56,65)(H,57,75)(H,58,76)(H,59,74)(H,66,67)(H,68,69)(H,70,71)(H,72,73)(H,78,79)/t34-,36-,38-,39-,40-,41-,47-/m0/s1. The quantitative estimate of drug-likeness (QED) is 0.0331. The Labute approximate surface area is 461 Å². The molecule has 1 aromatic carbocycles. The Hall–Kier alpha value is -6.52. The summed E-state index contributed by atoms with van der Waals surface area (Å²) >= 11 is 0. The van der Waals surface area contributed by atoms with Crippen molar-refractivity contribution in [1.82, 2.24) is 46.2 Å². The fourth-order valence-corrected chi connectivity index (χ4v) is 9.11. The number of aromatic hydroxyl groups is 1. The summed E-state index contributed by atoms with van der Waals surface area (Å²) in [7, 11) is 0. The molecule has 0 unspecified atom stereocenters. The van der Waals surface area contributed by atoms with Gasteiger partial charge >= 0.3 is 29.8 Å². The van der Waals surface area contributed by atoms with Crippen LogP contribution < -0.4 is 38.1 Å². The molecule has 2 rings (SSSR count). The average Bonchev–Trinajstić information content (AvgIpc) is 3.91. The molecule has 1 aromatic rings. The zero-order chi connectivity index (χ0) is 59.2. The van der Waals surface area contributed by atoms with Gasteiger partial charge in [-0.05, 0) is 87.6 Å². The highest BCUT2D eigenvalue weighted by molar-refractivity contribution is 5.96. The van der Waals surface area contributed by atoms with Gasteiger partial charge in [0.1, 0.15) is 29.9 Å². The number of nitrogens with zero attached hydrogens (tertiary/aromatic N) is 4. The van der Waals surface area contributed by atoms with Crippen LogP contribution in [0.25, 0.3) is 0 Å². The molecule has 7 atom stereocenters. The van der Waals surface area contributed by atoms with Crippen LogP contribution in [0, 0.1) is 11.8 Å². The van der Waals surface area contributed by atoms with Crippen LogP contribution in [0.3, 0.4) is 0 Å². The number of amides is 5. The summed E-state index contributed by atoms with van der Waals surface area (Å²) < 4.78 is 0. The lowest BCUT2D eigenvalue weighted by Crippen LogP contribution is -2.60. The monoisotopic (exact) mass is 1120 g/mol. The Morgan fingerprint density at radius 2 is 1.18 bits per heavy atom. The topological polar surface area (TPSA) is 417 Å². The second-order valence-electron chi connectivity index (χ2n) is 20.6. The van der Waals surface area contributed by atoms with Crippen LogP contribution >= 0.6 is 0 Å². The minimum absolute atomic E-state index is 0.0346. The minimum Gasteiger partial charge on any atom is -0.508 e. The predicted molar refractivity (Wildman–Crippen MR) is 288 cm³/mol. The molecule has 0 saturated carbocycles. The fourth-order valence-electron chi connectivity index (χ4n) is 9.11. The Bertz CT molecular complexity index is 2120. The minimum atomic E-state index is -1.29. The van der Waals surface area contributed by atoms with E-state index in [9.17, 15) is 78.6 Å². The number of carbonyl (C=O) groups is 10. The van der Waals surface area contributed by atoms with Crippen molar-refractivity contribution < 1.29 is 78.6 Å². The molecule has 0 bridgehead atoms. The third-order valence-electron chi connectivity index (χ3n) is 13.5. The molecule has 1 fully saturated rings. The van der Waals surface area contributed by atoms with Gasteiger partial charge in [0, 0.05) is 51.7 Å². The Morgan fingerprint density at radius 3 is 1.70 bits per heavy atom. The first-order valence-electron chi connectivity index (χ1n) is 27.1. The number of benzene rings is 1. The number of rotatable bonds is 42. The predicted octanol–water partition coefficient (Wildman–Crippen LogP) is -1.50. The summed E-state index contributed by atoms with van der Waals surface area (Å²) in [5.41, 5.74) is 12.2. The molecule has 1 aliphatic rings. The number of nitrogens with two attached hydrogens (primary N) is 2. The molecule has 1 heterocycles. The van der Waals surface area contributed by atoms with Gasteiger partial charge in [0.15, 0.2) is 0 Å². The van der Waals surface area contributed by atoms with Crippen LogP contribution in [0.4, 0.5) is 0 Å². The van der Waals surface area contributed by atoms with Crippen molar-refractivity contribution in [1.29, 1.82) is 0 Å². The number of phenols is 1. The van der Waals surface area contributed by atoms with Gasteiger partial charge < -0.3 is 73.6 Å². The molecule has 446 valence electrons. The average molecular weight is 1120 g/mol. The molecule has 0 aromatic heterocycles. The normalized spacial score (nSPS) is 15.7. The molecule has 27 nitrogen and oxygen atoms in total. The molecule has 0 spiro atoms. The van der Waals surface area contributed by atoms with Gasteiger partial charge in [0.25, 0.3) is 0 Å². The number of aliphatic carboxylic acids is 5. The van der Waals surface area contributed by atoms with E-state index in [0.717, 1.165) is 4.90 Å². The lowest BCUT2D eigenvalue weighted by atomic mass is 9.96. The van der Waals surface area contributed by atoms with Gasteiger partial charge in [0.2, 0.25) is 29.5 Å². The summed E-state index contributed by atoms with van der Waals surface area (Å²) in [6.45, 7) is 4.87. The third kappa shape index (κ3) is 27.3. The highest BCUT2D eigenvalue weighted by Gasteiger charge is 2.40. The Balaban J connectivity index is 2.36. The van der Waals surface area contributed by atoms with Gasteiger partial charge in [-0.3, -0.25) is 57.9 Å². The molecular formula is C52H87N11O16. The van der Waals surface area contributed by atoms with Crippen LogP contribution in [0.2, 0.25) is 0 Å². The molecule has 79 heavy (non-hydrogen) atoms. The summed E-state index contributed by atoms with van der Waals surface area (Å²) in [6.07, 6.45) is 4.11. The molecule has 1 aliphatic heterocycles. The van der Waals surface area contributed by atoms with Crippen LogP contribution in [-0.2, 0) is 54.4 Å². The largest absolute Gasteiger partial charge is 0.508 e. The first-order chi connectivity index (χ1) is 37.4. The first-order valence-corrected chi connectivity index (χ1v) is 27.1. The van der Waals surface area contributed by atoms with Crippen molar-refractivity contribution in [2.24, 2.45) is 23.3 Å². The summed E-state index contributed by atoms with van der Waals surface area (Å²) in [5.74, 6) is -9.97. The van der Waals surface area contributed by atoms with E-state index in [1.165, 1.54) is 26.8 Å². The van der Waals surface area contributed by atoms with E-state index in [1.807, 2.05) is 20.8 Å². The van der Waals surface area contributed by atoms with Crippen molar-refractivity contribution in [3.8, 4) is 5.75 Å². The van der Waals surface area contributed by atoms with Crippen LogP contribution in [-0.4, -0.2) is 231 Å². The Kier molecular flexibility index (Phi) is 31.8. The van der Waals surface area contributed by atoms with Crippen molar-refractivity contribution in [3.05, 3.63) is 29.8 Å². The van der Waals surface area contributed by atoms with E-state index in [2.05, 4.69) is 26.6 Å². The second-order valence-corrected chi connectivity index (χ2v) is 20.6. The van der Waals surface area contributed by atoms with Crippen molar-refractivity contribution in [3.63, 3.8) is 0 Å². The molecule has 0 radical (unpaired) electrons. The number of unbranched alkanes of at least 4 members (excludes halogenated alkanes) is 2. The zero-order valence-corrected chi connectivity index (χ0v) is 46.1. The second kappa shape index (κ2) is 36.6. The number of hydrogen-bond acceptors (Lipinski definition) is 17. The maximum Gasteiger partial charge on any atom is 0.326 e. The number of carboxylic acids is 5. The SMILES string of the molecule is CC[C@H](C)[C@H](NC(=O)[C@H](Cc1ccc(O)cc1)NC(=O)[C@@H]1CCCN1C(=O)[C@H](CCCCN)NC[C@H](CCCCN)NC(=O)CN(CCN(CCN(CC(=O)O)CC(=O)O)CC(=O)O)CC(=O)O)C(=O)N[C@@H](CC(C)C)C(=O)O. The highest BCUT2D eigenvalue weighted by Crippen LogP contribution is 2.22. The van der Waals surface area contributed by atoms with E-state index in [4.69, 9.17) is 11.5 Å². The number of hydrogen-bond donors (Lipinski definition) is 13. The lowest BCUT2D eigenvalue weighted by Gasteiger charge is -2.32. The van der Waals surface area contributed by atoms with Gasteiger partial charge in [-0.1, -0.05) is 59.1 Å². The first kappa shape index (κ1) is 68.6. The van der Waals surface area contributed by atoms with E-state index < -0.39 is 134 Å². The van der Waals surface area contributed by atoms with Crippen molar-refractivity contribution in [2.75, 3.05) is 85.1 Å². The van der Waals surface area contributed by atoms with E-state index in [-0.39, 0.29) is 70.2 Å². The maximum absolute atomic E-state index is 14.6. The summed E-state index contributed by atoms with van der Waals surface area (Å²) in [4.78, 5) is 134. The van der Waals surface area contributed by atoms with Crippen LogP contribution in [0.15, 0.2) is 24.3 Å². The number of carbonyl (C=O) groups excluding carboxylic acids is 5. The Morgan fingerprint density at radius 1 is 0.646 bits per heavy atom. The van der Waals surface area contributed by atoms with E-state index in [0.29, 0.717) is 70.0 Å². The lowest BCUT2D eigenvalue weighted by molar-refractivity contribution is -0.143. The molecule has 15 N–H and O–H groups in total. The van der Waals surface area contributed by atoms with Gasteiger partial charge in [-0.2, -0.15) is 0 Å². The van der Waals surface area contributed by atoms with Crippen LogP contribution in [0.5, 0.6) is 5.75 Å². The summed E-state index contributed by atoms with van der Waals surface area (Å²) in [5, 5.41) is 71.9.